The summed E-state index contributed by atoms with van der Waals surface area (Å²) in [6, 6.07) is 58.0. The molecule has 0 amide bonds. The zero-order chi connectivity index (χ0) is 31.3. The van der Waals surface area contributed by atoms with E-state index in [-0.39, 0.29) is 0 Å². The Morgan fingerprint density at radius 1 is 0.271 bits per heavy atom. The van der Waals surface area contributed by atoms with Gasteiger partial charge in [0.1, 0.15) is 0 Å². The molecule has 11 rings (SSSR count). The molecular formula is C47H27N. The minimum Gasteiger partial charge on any atom is -0.256 e. The standard InChI is InChI=1S/C47H27N/c1-3-12-28(13-4-1)41-34-18-9-10-19-35(34)42(29-14-5-2-6-15-29)46-40-25-22-32(33-20-11-21-39(43(33)40)45(41)46)38-24-23-36-30-16-7-8-17-31(30)37-26-27-48-47(38)44(36)37/h1-27H. The molecular weight excluding hydrogens is 579 g/mol. The zero-order valence-corrected chi connectivity index (χ0v) is 26.0. The Bertz CT molecular complexity index is 2690. The zero-order valence-electron chi connectivity index (χ0n) is 26.0. The van der Waals surface area contributed by atoms with Crippen LogP contribution in [0.25, 0.3) is 110 Å². The van der Waals surface area contributed by atoms with Gasteiger partial charge in [0.15, 0.2) is 0 Å². The van der Waals surface area contributed by atoms with Crippen LogP contribution < -0.4 is 0 Å². The van der Waals surface area contributed by atoms with Crippen molar-refractivity contribution < 1.29 is 0 Å². The highest BCUT2D eigenvalue weighted by Crippen LogP contribution is 2.59. The molecule has 0 unspecified atom stereocenters. The number of hydrogen-bond donors (Lipinski definition) is 0. The van der Waals surface area contributed by atoms with Crippen molar-refractivity contribution in [2.75, 3.05) is 0 Å². The third kappa shape index (κ3) is 3.32. The van der Waals surface area contributed by atoms with Gasteiger partial charge in [0.05, 0.1) is 5.52 Å². The monoisotopic (exact) mass is 605 g/mol. The third-order valence-electron chi connectivity index (χ3n) is 10.6. The maximum Gasteiger partial charge on any atom is 0.0793 e. The number of rotatable bonds is 3. The predicted molar refractivity (Wildman–Crippen MR) is 202 cm³/mol. The highest BCUT2D eigenvalue weighted by molar-refractivity contribution is 6.29. The molecule has 0 bridgehead atoms. The van der Waals surface area contributed by atoms with Crippen molar-refractivity contribution in [3.63, 3.8) is 0 Å². The summed E-state index contributed by atoms with van der Waals surface area (Å²) < 4.78 is 0. The van der Waals surface area contributed by atoms with E-state index in [0.29, 0.717) is 0 Å². The van der Waals surface area contributed by atoms with Gasteiger partial charge in [-0.2, -0.15) is 0 Å². The first-order valence-electron chi connectivity index (χ1n) is 16.6. The van der Waals surface area contributed by atoms with Crippen LogP contribution in [0.1, 0.15) is 0 Å². The quantitative estimate of drug-likeness (QED) is 0.195. The van der Waals surface area contributed by atoms with Gasteiger partial charge >= 0.3 is 0 Å². The van der Waals surface area contributed by atoms with E-state index in [1.54, 1.807) is 0 Å². The van der Waals surface area contributed by atoms with Gasteiger partial charge in [-0.3, -0.25) is 4.98 Å². The van der Waals surface area contributed by atoms with Gasteiger partial charge in [-0.05, 0) is 99.9 Å². The molecule has 1 heteroatoms. The maximum absolute atomic E-state index is 5.05. The van der Waals surface area contributed by atoms with Crippen LogP contribution in [-0.4, -0.2) is 4.98 Å². The molecule has 0 aliphatic heterocycles. The summed E-state index contributed by atoms with van der Waals surface area (Å²) in [5.41, 5.74) is 18.9. The minimum absolute atomic E-state index is 1.07. The molecule has 0 saturated heterocycles. The summed E-state index contributed by atoms with van der Waals surface area (Å²) >= 11 is 0. The number of fused-ring (bicyclic) bond motifs is 7. The van der Waals surface area contributed by atoms with Crippen molar-refractivity contribution >= 4 is 32.4 Å². The topological polar surface area (TPSA) is 12.9 Å². The predicted octanol–water partition coefficient (Wildman–Crippen LogP) is 12.8. The van der Waals surface area contributed by atoms with E-state index in [1.165, 1.54) is 105 Å². The molecule has 48 heavy (non-hydrogen) atoms. The van der Waals surface area contributed by atoms with E-state index in [1.807, 2.05) is 6.20 Å². The third-order valence-corrected chi connectivity index (χ3v) is 10.6. The second-order valence-corrected chi connectivity index (χ2v) is 13.0. The molecule has 2 aliphatic rings. The van der Waals surface area contributed by atoms with Crippen LogP contribution in [-0.2, 0) is 0 Å². The molecule has 2 aliphatic carbocycles. The van der Waals surface area contributed by atoms with Crippen LogP contribution >= 0.6 is 0 Å². The Balaban J connectivity index is 1.26. The number of aromatic nitrogens is 1. The van der Waals surface area contributed by atoms with E-state index >= 15 is 0 Å². The Labute approximate surface area is 278 Å². The van der Waals surface area contributed by atoms with Gasteiger partial charge in [0.25, 0.3) is 0 Å². The maximum atomic E-state index is 5.05. The van der Waals surface area contributed by atoms with Gasteiger partial charge < -0.3 is 0 Å². The van der Waals surface area contributed by atoms with Crippen LogP contribution in [0.3, 0.4) is 0 Å². The lowest BCUT2D eigenvalue weighted by atomic mass is 9.82. The lowest BCUT2D eigenvalue weighted by Crippen LogP contribution is -1.93. The summed E-state index contributed by atoms with van der Waals surface area (Å²) in [6.07, 6.45) is 1.98. The van der Waals surface area contributed by atoms with Crippen LogP contribution in [0, 0.1) is 0 Å². The molecule has 9 aromatic rings. The van der Waals surface area contributed by atoms with Crippen molar-refractivity contribution in [1.82, 2.24) is 4.98 Å². The summed E-state index contributed by atoms with van der Waals surface area (Å²) in [7, 11) is 0. The largest absolute Gasteiger partial charge is 0.256 e. The van der Waals surface area contributed by atoms with E-state index in [2.05, 4.69) is 158 Å². The Hall–Kier alpha value is -6.31. The Morgan fingerprint density at radius 2 is 0.750 bits per heavy atom. The van der Waals surface area contributed by atoms with E-state index in [9.17, 15) is 0 Å². The lowest BCUT2D eigenvalue weighted by molar-refractivity contribution is 1.42. The molecule has 0 spiro atoms. The van der Waals surface area contributed by atoms with Crippen LogP contribution in [0.4, 0.5) is 0 Å². The fourth-order valence-electron chi connectivity index (χ4n) is 8.73. The molecule has 0 radical (unpaired) electrons. The highest BCUT2D eigenvalue weighted by atomic mass is 14.7. The van der Waals surface area contributed by atoms with Crippen LogP contribution in [0.2, 0.25) is 0 Å². The van der Waals surface area contributed by atoms with E-state index in [4.69, 9.17) is 4.98 Å². The molecule has 8 aromatic carbocycles. The first-order valence-corrected chi connectivity index (χ1v) is 16.6. The molecule has 1 heterocycles. The molecule has 0 N–H and O–H groups in total. The first-order chi connectivity index (χ1) is 23.9. The first kappa shape index (κ1) is 25.8. The number of hydrogen-bond acceptors (Lipinski definition) is 1. The van der Waals surface area contributed by atoms with Crippen molar-refractivity contribution in [3.05, 3.63) is 164 Å². The van der Waals surface area contributed by atoms with E-state index < -0.39 is 0 Å². The van der Waals surface area contributed by atoms with Crippen molar-refractivity contribution in [2.45, 2.75) is 0 Å². The molecule has 0 saturated carbocycles. The Kier molecular flexibility index (Phi) is 5.17. The normalized spacial score (nSPS) is 12.2. The molecule has 0 atom stereocenters. The summed E-state index contributed by atoms with van der Waals surface area (Å²) in [4.78, 5) is 5.05. The van der Waals surface area contributed by atoms with E-state index in [0.717, 1.165) is 5.52 Å². The minimum atomic E-state index is 1.07. The average Bonchev–Trinajstić information content (AvgIpc) is 3.66. The van der Waals surface area contributed by atoms with Gasteiger partial charge in [-0.15, -0.1) is 0 Å². The van der Waals surface area contributed by atoms with Crippen molar-refractivity contribution in [3.8, 4) is 77.9 Å². The Morgan fingerprint density at radius 3 is 1.42 bits per heavy atom. The van der Waals surface area contributed by atoms with Crippen LogP contribution in [0.5, 0.6) is 0 Å². The van der Waals surface area contributed by atoms with Crippen LogP contribution in [0.15, 0.2) is 164 Å². The second kappa shape index (κ2) is 9.61. The summed E-state index contributed by atoms with van der Waals surface area (Å²) in [5, 5.41) is 6.40. The number of pyridine rings is 1. The van der Waals surface area contributed by atoms with Crippen molar-refractivity contribution in [1.29, 1.82) is 0 Å². The summed E-state index contributed by atoms with van der Waals surface area (Å²) in [5.74, 6) is 0. The molecule has 0 fully saturated rings. The molecule has 1 aromatic heterocycles. The van der Waals surface area contributed by atoms with Gasteiger partial charge in [-0.25, -0.2) is 0 Å². The van der Waals surface area contributed by atoms with Crippen molar-refractivity contribution in [2.24, 2.45) is 0 Å². The SMILES string of the molecule is c1ccc(-c2c3c(c(-c4ccccc4)c4ccccc24)-c2ccc(-c4ccc5c6c(ccnc46)-c4ccccc4-5)c4cccc-3c24)cc1. The molecule has 1 nitrogen and oxygen atoms in total. The highest BCUT2D eigenvalue weighted by Gasteiger charge is 2.32. The average molecular weight is 606 g/mol. The fraction of sp³-hybridized carbons (Fsp3) is 0. The fourth-order valence-corrected chi connectivity index (χ4v) is 8.73. The number of benzene rings is 8. The lowest BCUT2D eigenvalue weighted by Gasteiger charge is -2.20. The van der Waals surface area contributed by atoms with Gasteiger partial charge in [0.2, 0.25) is 0 Å². The summed E-state index contributed by atoms with van der Waals surface area (Å²) in [6.45, 7) is 0. The second-order valence-electron chi connectivity index (χ2n) is 13.0. The molecule has 220 valence electrons. The number of nitrogens with zero attached hydrogens (tertiary/aromatic N) is 1. The van der Waals surface area contributed by atoms with Gasteiger partial charge in [-0.1, -0.05) is 152 Å². The smallest absolute Gasteiger partial charge is 0.0793 e. The van der Waals surface area contributed by atoms with Gasteiger partial charge in [0, 0.05) is 17.1 Å².